The predicted molar refractivity (Wildman–Crippen MR) is 68.2 cm³/mol. The molecule has 0 aromatic heterocycles. The first kappa shape index (κ1) is 10.4. The number of hydrogen-bond donors (Lipinski definition) is 0. The average molecular weight is 208 g/mol. The Bertz CT molecular complexity index is 559. The van der Waals surface area contributed by atoms with Gasteiger partial charge in [-0.15, -0.1) is 0 Å². The lowest BCUT2D eigenvalue weighted by atomic mass is 10.0. The topological polar surface area (TPSA) is 17.1 Å². The molecule has 0 saturated heterocycles. The van der Waals surface area contributed by atoms with Crippen molar-refractivity contribution >= 4 is 22.6 Å². The summed E-state index contributed by atoms with van der Waals surface area (Å²) < 4.78 is 0. The molecule has 0 spiro atoms. The maximum atomic E-state index is 11.1. The standard InChI is InChI=1S/C15H12O/c1-2-14(16)11-10-13-8-5-7-12-6-3-4-9-15(12)13/h2-11H,1H2/b11-10+. The monoisotopic (exact) mass is 208 g/mol. The van der Waals surface area contributed by atoms with Crippen molar-refractivity contribution in [3.63, 3.8) is 0 Å². The number of allylic oxidation sites excluding steroid dienone is 2. The second-order valence-corrected chi connectivity index (χ2v) is 3.51. The van der Waals surface area contributed by atoms with Crippen molar-refractivity contribution in [2.24, 2.45) is 0 Å². The number of carbonyl (C=O) groups is 1. The molecule has 0 unspecified atom stereocenters. The Morgan fingerprint density at radius 3 is 2.62 bits per heavy atom. The molecule has 78 valence electrons. The molecule has 0 aliphatic heterocycles. The normalized spacial score (nSPS) is 10.8. The lowest BCUT2D eigenvalue weighted by Gasteiger charge is -2.00. The van der Waals surface area contributed by atoms with E-state index in [-0.39, 0.29) is 5.78 Å². The van der Waals surface area contributed by atoms with Crippen LogP contribution in [0.1, 0.15) is 5.56 Å². The molecule has 0 aliphatic rings. The van der Waals surface area contributed by atoms with Gasteiger partial charge in [0.1, 0.15) is 0 Å². The van der Waals surface area contributed by atoms with Crippen LogP contribution in [-0.2, 0) is 4.79 Å². The first-order chi connectivity index (χ1) is 7.81. The molecule has 2 rings (SSSR count). The van der Waals surface area contributed by atoms with E-state index in [2.05, 4.69) is 18.7 Å². The van der Waals surface area contributed by atoms with Gasteiger partial charge in [0, 0.05) is 0 Å². The van der Waals surface area contributed by atoms with Gasteiger partial charge in [-0.2, -0.15) is 0 Å². The zero-order chi connectivity index (χ0) is 11.4. The lowest BCUT2D eigenvalue weighted by molar-refractivity contribution is -0.110. The smallest absolute Gasteiger partial charge is 0.178 e. The SMILES string of the molecule is C=CC(=O)/C=C/c1cccc2ccccc12. The molecule has 16 heavy (non-hydrogen) atoms. The highest BCUT2D eigenvalue weighted by molar-refractivity contribution is 6.03. The van der Waals surface area contributed by atoms with Crippen molar-refractivity contribution in [2.75, 3.05) is 0 Å². The van der Waals surface area contributed by atoms with E-state index >= 15 is 0 Å². The fourth-order valence-electron chi connectivity index (χ4n) is 1.64. The van der Waals surface area contributed by atoms with Gasteiger partial charge in [0.2, 0.25) is 0 Å². The molecule has 0 N–H and O–H groups in total. The number of benzene rings is 2. The maximum absolute atomic E-state index is 11.1. The number of ketones is 1. The third-order valence-corrected chi connectivity index (χ3v) is 2.45. The second kappa shape index (κ2) is 4.58. The average Bonchev–Trinajstić information content (AvgIpc) is 2.35. The summed E-state index contributed by atoms with van der Waals surface area (Å²) >= 11 is 0. The predicted octanol–water partition coefficient (Wildman–Crippen LogP) is 3.61. The molecule has 0 fully saturated rings. The van der Waals surface area contributed by atoms with Gasteiger partial charge in [0.05, 0.1) is 0 Å². The summed E-state index contributed by atoms with van der Waals surface area (Å²) in [6, 6.07) is 14.1. The maximum Gasteiger partial charge on any atom is 0.178 e. The molecule has 0 heterocycles. The zero-order valence-corrected chi connectivity index (χ0v) is 8.89. The Morgan fingerprint density at radius 2 is 1.81 bits per heavy atom. The number of fused-ring (bicyclic) bond motifs is 1. The van der Waals surface area contributed by atoms with Crippen LogP contribution in [0.5, 0.6) is 0 Å². The van der Waals surface area contributed by atoms with Crippen LogP contribution in [0, 0.1) is 0 Å². The van der Waals surface area contributed by atoms with E-state index in [0.717, 1.165) is 10.9 Å². The van der Waals surface area contributed by atoms with Gasteiger partial charge in [-0.3, -0.25) is 4.79 Å². The number of rotatable bonds is 3. The Kier molecular flexibility index (Phi) is 2.97. The Labute approximate surface area is 94.7 Å². The minimum atomic E-state index is -0.0760. The molecule has 0 bridgehead atoms. The molecule has 0 atom stereocenters. The van der Waals surface area contributed by atoms with Crippen LogP contribution in [0.25, 0.3) is 16.8 Å². The lowest BCUT2D eigenvalue weighted by Crippen LogP contribution is -1.83. The largest absolute Gasteiger partial charge is 0.290 e. The van der Waals surface area contributed by atoms with Crippen LogP contribution in [0.15, 0.2) is 61.2 Å². The molecule has 2 aromatic carbocycles. The summed E-state index contributed by atoms with van der Waals surface area (Å²) in [5.41, 5.74) is 1.05. The van der Waals surface area contributed by atoms with Crippen LogP contribution in [0.2, 0.25) is 0 Å². The summed E-state index contributed by atoms with van der Waals surface area (Å²) in [5.74, 6) is -0.0760. The molecule has 0 aliphatic carbocycles. The van der Waals surface area contributed by atoms with Gasteiger partial charge < -0.3 is 0 Å². The quantitative estimate of drug-likeness (QED) is 0.704. The van der Waals surface area contributed by atoms with Crippen molar-refractivity contribution < 1.29 is 4.79 Å². The summed E-state index contributed by atoms with van der Waals surface area (Å²) in [4.78, 5) is 11.1. The minimum Gasteiger partial charge on any atom is -0.290 e. The zero-order valence-electron chi connectivity index (χ0n) is 8.89. The summed E-state index contributed by atoms with van der Waals surface area (Å²) in [6.07, 6.45) is 4.67. The molecular weight excluding hydrogens is 196 g/mol. The van der Waals surface area contributed by atoms with Crippen molar-refractivity contribution in [3.05, 3.63) is 66.8 Å². The van der Waals surface area contributed by atoms with Crippen molar-refractivity contribution in [2.45, 2.75) is 0 Å². The van der Waals surface area contributed by atoms with E-state index in [1.807, 2.05) is 36.4 Å². The summed E-state index contributed by atoms with van der Waals surface area (Å²) in [7, 11) is 0. The Balaban J connectivity index is 2.48. The first-order valence-electron chi connectivity index (χ1n) is 5.13. The minimum absolute atomic E-state index is 0.0760. The van der Waals surface area contributed by atoms with Gasteiger partial charge >= 0.3 is 0 Å². The summed E-state index contributed by atoms with van der Waals surface area (Å²) in [5, 5.41) is 2.33. The Morgan fingerprint density at radius 1 is 1.06 bits per heavy atom. The van der Waals surface area contributed by atoms with Crippen molar-refractivity contribution in [1.29, 1.82) is 0 Å². The fourth-order valence-corrected chi connectivity index (χ4v) is 1.64. The fraction of sp³-hybridized carbons (Fsp3) is 0. The van der Waals surface area contributed by atoms with E-state index in [9.17, 15) is 4.79 Å². The molecule has 2 aromatic rings. The van der Waals surface area contributed by atoms with Gasteiger partial charge in [-0.25, -0.2) is 0 Å². The summed E-state index contributed by atoms with van der Waals surface area (Å²) in [6.45, 7) is 3.43. The van der Waals surface area contributed by atoms with Crippen LogP contribution in [0.4, 0.5) is 0 Å². The second-order valence-electron chi connectivity index (χ2n) is 3.51. The van der Waals surface area contributed by atoms with E-state index in [4.69, 9.17) is 0 Å². The van der Waals surface area contributed by atoms with Crippen LogP contribution < -0.4 is 0 Å². The molecule has 0 radical (unpaired) electrons. The molecule has 1 heteroatoms. The van der Waals surface area contributed by atoms with Crippen LogP contribution in [0.3, 0.4) is 0 Å². The van der Waals surface area contributed by atoms with E-state index < -0.39 is 0 Å². The van der Waals surface area contributed by atoms with E-state index in [1.165, 1.54) is 17.5 Å². The third-order valence-electron chi connectivity index (χ3n) is 2.45. The molecule has 0 amide bonds. The van der Waals surface area contributed by atoms with Gasteiger partial charge in [-0.05, 0) is 28.5 Å². The Hall–Kier alpha value is -2.15. The number of hydrogen-bond acceptors (Lipinski definition) is 1. The van der Waals surface area contributed by atoms with Crippen molar-refractivity contribution in [1.82, 2.24) is 0 Å². The van der Waals surface area contributed by atoms with Gasteiger partial charge in [0.15, 0.2) is 5.78 Å². The van der Waals surface area contributed by atoms with Crippen molar-refractivity contribution in [3.8, 4) is 0 Å². The van der Waals surface area contributed by atoms with Crippen LogP contribution >= 0.6 is 0 Å². The molecular formula is C15H12O. The highest BCUT2D eigenvalue weighted by Crippen LogP contribution is 2.19. The van der Waals surface area contributed by atoms with E-state index in [0.29, 0.717) is 0 Å². The van der Waals surface area contributed by atoms with Gasteiger partial charge in [0.25, 0.3) is 0 Å². The third kappa shape index (κ3) is 2.09. The van der Waals surface area contributed by atoms with Gasteiger partial charge in [-0.1, -0.05) is 55.1 Å². The highest BCUT2D eigenvalue weighted by Gasteiger charge is 1.96. The number of carbonyl (C=O) groups excluding carboxylic acids is 1. The van der Waals surface area contributed by atoms with E-state index in [1.54, 1.807) is 0 Å². The first-order valence-corrected chi connectivity index (χ1v) is 5.13. The molecule has 1 nitrogen and oxygen atoms in total. The molecule has 0 saturated carbocycles. The van der Waals surface area contributed by atoms with Crippen LogP contribution in [-0.4, -0.2) is 5.78 Å². The highest BCUT2D eigenvalue weighted by atomic mass is 16.1.